The molecule has 27 heavy (non-hydrogen) atoms. The van der Waals surface area contributed by atoms with Crippen molar-refractivity contribution >= 4 is 23.7 Å². The van der Waals surface area contributed by atoms with E-state index in [1.807, 2.05) is 6.08 Å². The summed E-state index contributed by atoms with van der Waals surface area (Å²) in [6, 6.07) is 1.52. The minimum Gasteiger partial charge on any atom is -0.495 e. The number of hydrogen-bond acceptors (Lipinski definition) is 4. The molecule has 1 fully saturated rings. The highest BCUT2D eigenvalue weighted by Gasteiger charge is 2.34. The minimum absolute atomic E-state index is 0.0339. The van der Waals surface area contributed by atoms with E-state index in [1.54, 1.807) is 6.08 Å². The van der Waals surface area contributed by atoms with Crippen LogP contribution in [0.4, 0.5) is 14.6 Å². The number of ether oxygens (including phenoxy) is 1. The Balaban J connectivity index is 2.30. The third-order valence-corrected chi connectivity index (χ3v) is 4.43. The van der Waals surface area contributed by atoms with Gasteiger partial charge in [-0.1, -0.05) is 25.3 Å². The standard InChI is InChI=1S/C20H22F2N2O3/c1-4-18(25)24(19(26)5-2)17-12-15(16(27-3)13-23-17)7-6-14-8-10-20(21,22)11-9-14/h4-7,12-14H,1-2,8-11H2,3H3/b7-6+. The van der Waals surface area contributed by atoms with Gasteiger partial charge in [0.2, 0.25) is 5.92 Å². The van der Waals surface area contributed by atoms with E-state index < -0.39 is 17.7 Å². The van der Waals surface area contributed by atoms with E-state index in [0.717, 1.165) is 17.1 Å². The van der Waals surface area contributed by atoms with E-state index in [2.05, 4.69) is 18.1 Å². The number of anilines is 1. The number of carbonyl (C=O) groups is 2. The average Bonchev–Trinajstić information content (AvgIpc) is 2.67. The van der Waals surface area contributed by atoms with Crippen LogP contribution in [0.25, 0.3) is 6.08 Å². The van der Waals surface area contributed by atoms with Crippen molar-refractivity contribution in [3.8, 4) is 5.75 Å². The SMILES string of the molecule is C=CC(=O)N(C(=O)C=C)c1cc(/C=C/C2CCC(F)(F)CC2)c(OC)cn1. The van der Waals surface area contributed by atoms with Crippen molar-refractivity contribution in [1.29, 1.82) is 0 Å². The molecule has 0 radical (unpaired) electrons. The van der Waals surface area contributed by atoms with Gasteiger partial charge >= 0.3 is 0 Å². The molecule has 1 aliphatic carbocycles. The summed E-state index contributed by atoms with van der Waals surface area (Å²) in [7, 11) is 1.47. The molecule has 7 heteroatoms. The average molecular weight is 376 g/mol. The van der Waals surface area contributed by atoms with Gasteiger partial charge in [-0.25, -0.2) is 18.7 Å². The molecule has 0 unspecified atom stereocenters. The number of alkyl halides is 2. The van der Waals surface area contributed by atoms with E-state index in [9.17, 15) is 18.4 Å². The minimum atomic E-state index is -2.58. The Morgan fingerprint density at radius 2 is 1.85 bits per heavy atom. The first-order chi connectivity index (χ1) is 12.8. The third-order valence-electron chi connectivity index (χ3n) is 4.43. The molecule has 0 saturated heterocycles. The normalized spacial score (nSPS) is 16.7. The Bertz CT molecular complexity index is 744. The smallest absolute Gasteiger partial charge is 0.258 e. The number of imide groups is 1. The van der Waals surface area contributed by atoms with Gasteiger partial charge in [0.1, 0.15) is 11.6 Å². The van der Waals surface area contributed by atoms with Crippen LogP contribution < -0.4 is 9.64 Å². The van der Waals surface area contributed by atoms with Crippen LogP contribution in [0.15, 0.2) is 43.6 Å². The molecule has 144 valence electrons. The van der Waals surface area contributed by atoms with Crippen molar-refractivity contribution in [2.75, 3.05) is 12.0 Å². The van der Waals surface area contributed by atoms with Crippen molar-refractivity contribution in [3.63, 3.8) is 0 Å². The van der Waals surface area contributed by atoms with Crippen LogP contribution in [0, 0.1) is 5.92 Å². The Morgan fingerprint density at radius 1 is 1.26 bits per heavy atom. The van der Waals surface area contributed by atoms with Crippen molar-refractivity contribution < 1.29 is 23.1 Å². The van der Waals surface area contributed by atoms with Crippen molar-refractivity contribution in [2.24, 2.45) is 5.92 Å². The Labute approximate surface area is 157 Å². The molecule has 0 atom stereocenters. The first-order valence-electron chi connectivity index (χ1n) is 8.54. The molecule has 1 saturated carbocycles. The maximum atomic E-state index is 13.3. The fourth-order valence-corrected chi connectivity index (χ4v) is 2.88. The zero-order chi connectivity index (χ0) is 20.0. The first-order valence-corrected chi connectivity index (χ1v) is 8.54. The van der Waals surface area contributed by atoms with Crippen molar-refractivity contribution in [2.45, 2.75) is 31.6 Å². The molecule has 0 aliphatic heterocycles. The van der Waals surface area contributed by atoms with Gasteiger partial charge in [0.15, 0.2) is 0 Å². The molecule has 2 amide bonds. The lowest BCUT2D eigenvalue weighted by atomic mass is 9.86. The second kappa shape index (κ2) is 8.70. The largest absolute Gasteiger partial charge is 0.495 e. The monoisotopic (exact) mass is 376 g/mol. The maximum Gasteiger partial charge on any atom is 0.258 e. The number of halogens is 2. The van der Waals surface area contributed by atoms with E-state index in [4.69, 9.17) is 4.74 Å². The van der Waals surface area contributed by atoms with Gasteiger partial charge in [-0.3, -0.25) is 9.59 Å². The van der Waals surface area contributed by atoms with Gasteiger partial charge in [-0.05, 0) is 37.0 Å². The molecule has 2 rings (SSSR count). The molecular formula is C20H22F2N2O3. The van der Waals surface area contributed by atoms with Crippen LogP contribution in [0.2, 0.25) is 0 Å². The number of nitrogens with zero attached hydrogens (tertiary/aromatic N) is 2. The molecule has 1 aromatic heterocycles. The molecule has 0 aromatic carbocycles. The summed E-state index contributed by atoms with van der Waals surface area (Å²) in [5.41, 5.74) is 0.582. The number of carbonyl (C=O) groups excluding carboxylic acids is 2. The number of amides is 2. The number of hydrogen-bond donors (Lipinski definition) is 0. The Hall–Kier alpha value is -2.83. The molecule has 0 spiro atoms. The van der Waals surface area contributed by atoms with Crippen LogP contribution in [0.1, 0.15) is 31.2 Å². The molecule has 1 aromatic rings. The number of aromatic nitrogens is 1. The van der Waals surface area contributed by atoms with Crippen LogP contribution in [0.3, 0.4) is 0 Å². The number of pyridine rings is 1. The fourth-order valence-electron chi connectivity index (χ4n) is 2.88. The van der Waals surface area contributed by atoms with Gasteiger partial charge in [0.05, 0.1) is 13.3 Å². The molecule has 1 aliphatic rings. The predicted molar refractivity (Wildman–Crippen MR) is 99.6 cm³/mol. The zero-order valence-corrected chi connectivity index (χ0v) is 15.2. The van der Waals surface area contributed by atoms with Gasteiger partial charge in [-0.2, -0.15) is 0 Å². The lowest BCUT2D eigenvalue weighted by Crippen LogP contribution is -2.35. The van der Waals surface area contributed by atoms with Crippen LogP contribution in [-0.4, -0.2) is 29.8 Å². The lowest BCUT2D eigenvalue weighted by molar-refractivity contribution is -0.121. The number of allylic oxidation sites excluding steroid dienone is 1. The summed E-state index contributed by atoms with van der Waals surface area (Å²) in [6.45, 7) is 6.77. The molecular weight excluding hydrogens is 354 g/mol. The van der Waals surface area contributed by atoms with Gasteiger partial charge in [-0.15, -0.1) is 0 Å². The van der Waals surface area contributed by atoms with E-state index in [1.165, 1.54) is 19.4 Å². The predicted octanol–water partition coefficient (Wildman–Crippen LogP) is 4.16. The summed E-state index contributed by atoms with van der Waals surface area (Å²) in [6.07, 6.45) is 7.55. The number of methoxy groups -OCH3 is 1. The lowest BCUT2D eigenvalue weighted by Gasteiger charge is -2.26. The Morgan fingerprint density at radius 3 is 2.37 bits per heavy atom. The highest BCUT2D eigenvalue weighted by molar-refractivity contribution is 6.21. The van der Waals surface area contributed by atoms with E-state index >= 15 is 0 Å². The van der Waals surface area contributed by atoms with Crippen molar-refractivity contribution in [3.05, 3.63) is 49.2 Å². The summed E-state index contributed by atoms with van der Waals surface area (Å²) in [5.74, 6) is -3.29. The highest BCUT2D eigenvalue weighted by Crippen LogP contribution is 2.37. The molecule has 5 nitrogen and oxygen atoms in total. The summed E-state index contributed by atoms with van der Waals surface area (Å²) in [5, 5.41) is 0. The quantitative estimate of drug-likeness (QED) is 0.700. The molecule has 0 bridgehead atoms. The van der Waals surface area contributed by atoms with Gasteiger partial charge in [0.25, 0.3) is 11.8 Å². The highest BCUT2D eigenvalue weighted by atomic mass is 19.3. The summed E-state index contributed by atoms with van der Waals surface area (Å²) < 4.78 is 31.8. The van der Waals surface area contributed by atoms with Crippen LogP contribution in [0.5, 0.6) is 5.75 Å². The maximum absolute atomic E-state index is 13.3. The summed E-state index contributed by atoms with van der Waals surface area (Å²) in [4.78, 5) is 29.0. The third kappa shape index (κ3) is 5.09. The number of rotatable bonds is 6. The van der Waals surface area contributed by atoms with Crippen LogP contribution in [-0.2, 0) is 9.59 Å². The first kappa shape index (κ1) is 20.5. The zero-order valence-electron chi connectivity index (χ0n) is 15.2. The van der Waals surface area contributed by atoms with E-state index in [-0.39, 0.29) is 24.6 Å². The second-order valence-electron chi connectivity index (χ2n) is 6.26. The van der Waals surface area contributed by atoms with Gasteiger partial charge in [0, 0.05) is 18.4 Å². The van der Waals surface area contributed by atoms with E-state index in [0.29, 0.717) is 24.2 Å². The molecule has 1 heterocycles. The second-order valence-corrected chi connectivity index (χ2v) is 6.26. The van der Waals surface area contributed by atoms with Crippen LogP contribution >= 0.6 is 0 Å². The van der Waals surface area contributed by atoms with Gasteiger partial charge < -0.3 is 4.74 Å². The fraction of sp³-hybridized carbons (Fsp3) is 0.350. The molecule has 0 N–H and O–H groups in total. The summed E-state index contributed by atoms with van der Waals surface area (Å²) >= 11 is 0. The van der Waals surface area contributed by atoms with Crippen molar-refractivity contribution in [1.82, 2.24) is 4.98 Å². The topological polar surface area (TPSA) is 59.5 Å². The Kier molecular flexibility index (Phi) is 6.60.